The van der Waals surface area contributed by atoms with Crippen LogP contribution in [0, 0.1) is 11.8 Å². The van der Waals surface area contributed by atoms with E-state index < -0.39 is 0 Å². The maximum Gasteiger partial charge on any atom is 0.138 e. The van der Waals surface area contributed by atoms with Gasteiger partial charge in [-0.25, -0.2) is 9.67 Å². The van der Waals surface area contributed by atoms with E-state index in [1.54, 1.807) is 6.33 Å². The fourth-order valence-corrected chi connectivity index (χ4v) is 2.88. The second kappa shape index (κ2) is 5.83. The molecule has 0 spiro atoms. The summed E-state index contributed by atoms with van der Waals surface area (Å²) in [5, 5.41) is 14.6. The van der Waals surface area contributed by atoms with Crippen molar-refractivity contribution in [3.63, 3.8) is 0 Å². The lowest BCUT2D eigenvalue weighted by atomic mass is 9.79. The summed E-state index contributed by atoms with van der Waals surface area (Å²) in [4.78, 5) is 4.28. The molecule has 4 heteroatoms. The van der Waals surface area contributed by atoms with Gasteiger partial charge in [0.1, 0.15) is 12.2 Å². The van der Waals surface area contributed by atoms with Crippen LogP contribution < -0.4 is 0 Å². The van der Waals surface area contributed by atoms with Gasteiger partial charge in [0.25, 0.3) is 0 Å². The van der Waals surface area contributed by atoms with E-state index in [1.165, 1.54) is 12.8 Å². The van der Waals surface area contributed by atoms with E-state index in [9.17, 15) is 5.11 Å². The number of nitrogens with zero attached hydrogens (tertiary/aromatic N) is 3. The minimum absolute atomic E-state index is 0.265. The van der Waals surface area contributed by atoms with E-state index >= 15 is 0 Å². The van der Waals surface area contributed by atoms with E-state index in [0.717, 1.165) is 24.6 Å². The average Bonchev–Trinajstić information content (AvgIpc) is 2.78. The summed E-state index contributed by atoms with van der Waals surface area (Å²) in [6.45, 7) is 6.48. The number of aliphatic hydroxyl groups is 1. The Kier molecular flexibility index (Phi) is 4.38. The predicted molar refractivity (Wildman–Crippen MR) is 71.2 cm³/mol. The van der Waals surface area contributed by atoms with Gasteiger partial charge in [-0.05, 0) is 38.5 Å². The summed E-state index contributed by atoms with van der Waals surface area (Å²) in [5.74, 6) is 2.18. The lowest BCUT2D eigenvalue weighted by Crippen LogP contribution is -2.28. The molecular formula is C14H25N3O. The first-order valence-electron chi connectivity index (χ1n) is 7.14. The molecule has 1 aromatic heterocycles. The van der Waals surface area contributed by atoms with Gasteiger partial charge in [0, 0.05) is 12.5 Å². The van der Waals surface area contributed by atoms with Crippen molar-refractivity contribution in [3.05, 3.63) is 12.2 Å². The van der Waals surface area contributed by atoms with Gasteiger partial charge in [-0.15, -0.1) is 0 Å². The minimum atomic E-state index is -0.265. The zero-order valence-corrected chi connectivity index (χ0v) is 11.7. The quantitative estimate of drug-likeness (QED) is 0.895. The van der Waals surface area contributed by atoms with E-state index in [-0.39, 0.29) is 6.10 Å². The molecule has 102 valence electrons. The van der Waals surface area contributed by atoms with Crippen molar-refractivity contribution >= 4 is 0 Å². The minimum Gasteiger partial charge on any atom is -0.392 e. The summed E-state index contributed by atoms with van der Waals surface area (Å²) in [6, 6.07) is 0.307. The summed E-state index contributed by atoms with van der Waals surface area (Å²) < 4.78 is 1.91. The molecule has 0 aliphatic heterocycles. The van der Waals surface area contributed by atoms with Gasteiger partial charge >= 0.3 is 0 Å². The highest BCUT2D eigenvalue weighted by Gasteiger charge is 2.26. The van der Waals surface area contributed by atoms with Gasteiger partial charge in [0.2, 0.25) is 0 Å². The van der Waals surface area contributed by atoms with E-state index in [2.05, 4.69) is 30.9 Å². The van der Waals surface area contributed by atoms with E-state index in [4.69, 9.17) is 0 Å². The molecule has 1 heterocycles. The van der Waals surface area contributed by atoms with Gasteiger partial charge < -0.3 is 5.11 Å². The number of aliphatic hydroxyl groups excluding tert-OH is 1. The predicted octanol–water partition coefficient (Wildman–Crippen LogP) is 2.59. The highest BCUT2D eigenvalue weighted by atomic mass is 16.3. The summed E-state index contributed by atoms with van der Waals surface area (Å²) in [6.07, 6.45) is 6.76. The highest BCUT2D eigenvalue weighted by Crippen LogP contribution is 2.31. The Hall–Kier alpha value is -0.900. The van der Waals surface area contributed by atoms with Gasteiger partial charge in [0.05, 0.1) is 6.10 Å². The van der Waals surface area contributed by atoms with E-state index in [0.29, 0.717) is 18.4 Å². The molecule has 0 aromatic carbocycles. The molecule has 0 amide bonds. The number of hydrogen-bond acceptors (Lipinski definition) is 3. The fraction of sp³-hybridized carbons (Fsp3) is 0.857. The van der Waals surface area contributed by atoms with Crippen molar-refractivity contribution in [3.8, 4) is 0 Å². The van der Waals surface area contributed by atoms with Crippen LogP contribution in [-0.2, 0) is 6.42 Å². The zero-order valence-electron chi connectivity index (χ0n) is 11.7. The lowest BCUT2D eigenvalue weighted by Gasteiger charge is -2.29. The molecule has 2 rings (SSSR count). The Bertz CT molecular complexity index is 367. The van der Waals surface area contributed by atoms with Crippen molar-refractivity contribution in [2.75, 3.05) is 0 Å². The Morgan fingerprint density at radius 3 is 2.61 bits per heavy atom. The van der Waals surface area contributed by atoms with Crippen LogP contribution in [0.3, 0.4) is 0 Å². The monoisotopic (exact) mass is 251 g/mol. The van der Waals surface area contributed by atoms with Crippen LogP contribution in [0.15, 0.2) is 6.33 Å². The van der Waals surface area contributed by atoms with Gasteiger partial charge in [0.15, 0.2) is 0 Å². The molecule has 0 radical (unpaired) electrons. The molecule has 0 bridgehead atoms. The molecule has 1 fully saturated rings. The third-order valence-electron chi connectivity index (χ3n) is 4.13. The summed E-state index contributed by atoms with van der Waals surface area (Å²) in [7, 11) is 0. The van der Waals surface area contributed by atoms with Crippen LogP contribution in [0.1, 0.15) is 58.3 Å². The topological polar surface area (TPSA) is 50.9 Å². The van der Waals surface area contributed by atoms with E-state index in [1.807, 2.05) is 4.68 Å². The highest BCUT2D eigenvalue weighted by molar-refractivity contribution is 4.91. The van der Waals surface area contributed by atoms with Crippen LogP contribution in [0.5, 0.6) is 0 Å². The third-order valence-corrected chi connectivity index (χ3v) is 4.13. The van der Waals surface area contributed by atoms with Crippen molar-refractivity contribution in [2.45, 2.75) is 65.0 Å². The first-order valence-corrected chi connectivity index (χ1v) is 7.14. The summed E-state index contributed by atoms with van der Waals surface area (Å²) >= 11 is 0. The van der Waals surface area contributed by atoms with Gasteiger partial charge in [-0.1, -0.05) is 19.8 Å². The van der Waals surface area contributed by atoms with Crippen LogP contribution in [0.4, 0.5) is 0 Å². The SMILES string of the molecule is CC1CCC(C(O)Cc2ncnn2C(C)C)CC1. The van der Waals surface area contributed by atoms with Crippen molar-refractivity contribution < 1.29 is 5.11 Å². The number of rotatable bonds is 4. The maximum absolute atomic E-state index is 10.4. The standard InChI is InChI=1S/C14H25N3O/c1-10(2)17-14(15-9-16-17)8-13(18)12-6-4-11(3)5-7-12/h9-13,18H,4-8H2,1-3H3. The molecule has 18 heavy (non-hydrogen) atoms. The second-order valence-electron chi connectivity index (χ2n) is 6.01. The van der Waals surface area contributed by atoms with Crippen molar-refractivity contribution in [1.29, 1.82) is 0 Å². The maximum atomic E-state index is 10.4. The Labute approximate surface area is 109 Å². The molecule has 1 aromatic rings. The number of aromatic nitrogens is 3. The Balaban J connectivity index is 1.94. The Morgan fingerprint density at radius 2 is 2.00 bits per heavy atom. The summed E-state index contributed by atoms with van der Waals surface area (Å²) in [5.41, 5.74) is 0. The van der Waals surface area contributed by atoms with Gasteiger partial charge in [-0.3, -0.25) is 0 Å². The molecule has 1 unspecified atom stereocenters. The molecule has 1 aliphatic rings. The molecule has 1 saturated carbocycles. The van der Waals surface area contributed by atoms with Crippen molar-refractivity contribution in [1.82, 2.24) is 14.8 Å². The molecule has 1 aliphatic carbocycles. The first kappa shape index (κ1) is 13.5. The first-order chi connectivity index (χ1) is 8.58. The molecule has 4 nitrogen and oxygen atoms in total. The molecule has 1 N–H and O–H groups in total. The van der Waals surface area contributed by atoms with Crippen LogP contribution in [0.25, 0.3) is 0 Å². The third kappa shape index (κ3) is 3.10. The van der Waals surface area contributed by atoms with Gasteiger partial charge in [-0.2, -0.15) is 5.10 Å². The Morgan fingerprint density at radius 1 is 1.33 bits per heavy atom. The fourth-order valence-electron chi connectivity index (χ4n) is 2.88. The smallest absolute Gasteiger partial charge is 0.138 e. The van der Waals surface area contributed by atoms with Crippen LogP contribution in [-0.4, -0.2) is 26.0 Å². The van der Waals surface area contributed by atoms with Crippen LogP contribution >= 0.6 is 0 Å². The molecular weight excluding hydrogens is 226 g/mol. The normalized spacial score (nSPS) is 26.5. The average molecular weight is 251 g/mol. The lowest BCUT2D eigenvalue weighted by molar-refractivity contribution is 0.0733. The molecule has 1 atom stereocenters. The second-order valence-corrected chi connectivity index (χ2v) is 6.01. The van der Waals surface area contributed by atoms with Crippen LogP contribution in [0.2, 0.25) is 0 Å². The largest absolute Gasteiger partial charge is 0.392 e. The zero-order chi connectivity index (χ0) is 13.1. The number of hydrogen-bond donors (Lipinski definition) is 1. The van der Waals surface area contributed by atoms with Crippen molar-refractivity contribution in [2.24, 2.45) is 11.8 Å². The molecule has 0 saturated heterocycles.